The van der Waals surface area contributed by atoms with Crippen molar-refractivity contribution in [2.45, 2.75) is 20.5 Å². The Hall–Kier alpha value is -2.34. The van der Waals surface area contributed by atoms with Crippen molar-refractivity contribution in [1.29, 1.82) is 0 Å². The van der Waals surface area contributed by atoms with Crippen molar-refractivity contribution in [3.05, 3.63) is 51.9 Å². The van der Waals surface area contributed by atoms with E-state index in [9.17, 15) is 9.59 Å². The molecule has 2 N–H and O–H groups in total. The molecule has 0 amide bonds. The topological polar surface area (TPSA) is 78.6 Å². The van der Waals surface area contributed by atoms with Gasteiger partial charge in [-0.3, -0.25) is 0 Å². The highest BCUT2D eigenvalue weighted by Gasteiger charge is 2.24. The molecule has 0 bridgehead atoms. The van der Waals surface area contributed by atoms with Crippen LogP contribution in [-0.4, -0.2) is 18.5 Å². The number of ether oxygens (including phenoxy) is 2. The third kappa shape index (κ3) is 3.46. The third-order valence-electron chi connectivity index (χ3n) is 3.05. The highest BCUT2D eigenvalue weighted by atomic mass is 32.1. The minimum Gasteiger partial charge on any atom is -0.462 e. The van der Waals surface area contributed by atoms with E-state index >= 15 is 0 Å². The summed E-state index contributed by atoms with van der Waals surface area (Å²) < 4.78 is 10.2. The standard InChI is InChI=1S/C16H17NO4S/c1-3-20-15(18)12-10(2)13(22-14(12)17)16(19)21-9-11-7-5-4-6-8-11/h4-8H,3,9,17H2,1-2H3. The average molecular weight is 319 g/mol. The SMILES string of the molecule is CCOC(=O)c1c(N)sc(C(=O)OCc2ccccc2)c1C. The predicted octanol–water partition coefficient (Wildman–Crippen LogP) is 3.17. The van der Waals surface area contributed by atoms with E-state index in [0.29, 0.717) is 10.4 Å². The molecule has 6 heteroatoms. The lowest BCUT2D eigenvalue weighted by Crippen LogP contribution is -2.09. The summed E-state index contributed by atoms with van der Waals surface area (Å²) in [5, 5.41) is 0.266. The molecule has 2 rings (SSSR count). The number of hydrogen-bond donors (Lipinski definition) is 1. The second-order valence-electron chi connectivity index (χ2n) is 4.58. The van der Waals surface area contributed by atoms with Crippen LogP contribution in [-0.2, 0) is 16.1 Å². The molecule has 1 aromatic heterocycles. The van der Waals surface area contributed by atoms with Crippen LogP contribution in [0.5, 0.6) is 0 Å². The second-order valence-corrected chi connectivity index (χ2v) is 5.63. The van der Waals surface area contributed by atoms with Gasteiger partial charge in [-0.25, -0.2) is 9.59 Å². The van der Waals surface area contributed by atoms with Crippen LogP contribution in [0.4, 0.5) is 5.00 Å². The van der Waals surface area contributed by atoms with Crippen molar-refractivity contribution in [2.24, 2.45) is 0 Å². The number of esters is 2. The molecule has 0 atom stereocenters. The predicted molar refractivity (Wildman–Crippen MR) is 85.0 cm³/mol. The third-order valence-corrected chi connectivity index (χ3v) is 4.15. The van der Waals surface area contributed by atoms with E-state index in [4.69, 9.17) is 15.2 Å². The van der Waals surface area contributed by atoms with E-state index in [2.05, 4.69) is 0 Å². The van der Waals surface area contributed by atoms with E-state index < -0.39 is 11.9 Å². The van der Waals surface area contributed by atoms with Gasteiger partial charge in [0.15, 0.2) is 0 Å². The highest BCUT2D eigenvalue weighted by molar-refractivity contribution is 7.18. The molecule has 0 spiro atoms. The largest absolute Gasteiger partial charge is 0.462 e. The molecular weight excluding hydrogens is 302 g/mol. The molecule has 1 heterocycles. The van der Waals surface area contributed by atoms with Crippen molar-refractivity contribution in [3.63, 3.8) is 0 Å². The normalized spacial score (nSPS) is 10.3. The van der Waals surface area contributed by atoms with Crippen LogP contribution < -0.4 is 5.73 Å². The monoisotopic (exact) mass is 319 g/mol. The van der Waals surface area contributed by atoms with Gasteiger partial charge in [-0.05, 0) is 25.0 Å². The van der Waals surface area contributed by atoms with Gasteiger partial charge >= 0.3 is 11.9 Å². The molecule has 0 radical (unpaired) electrons. The Morgan fingerprint density at radius 1 is 1.14 bits per heavy atom. The minimum absolute atomic E-state index is 0.172. The Labute approximate surface area is 132 Å². The molecule has 22 heavy (non-hydrogen) atoms. The highest BCUT2D eigenvalue weighted by Crippen LogP contribution is 2.31. The summed E-state index contributed by atoms with van der Waals surface area (Å²) in [5.41, 5.74) is 7.47. The van der Waals surface area contributed by atoms with Crippen molar-refractivity contribution < 1.29 is 19.1 Å². The Kier molecular flexibility index (Phi) is 5.16. The number of hydrogen-bond acceptors (Lipinski definition) is 6. The van der Waals surface area contributed by atoms with Gasteiger partial charge in [0.1, 0.15) is 16.5 Å². The number of carbonyl (C=O) groups excluding carboxylic acids is 2. The van der Waals surface area contributed by atoms with E-state index in [1.165, 1.54) is 0 Å². The van der Waals surface area contributed by atoms with Crippen molar-refractivity contribution >= 4 is 28.3 Å². The lowest BCUT2D eigenvalue weighted by molar-refractivity contribution is 0.0478. The number of thiophene rings is 1. The lowest BCUT2D eigenvalue weighted by Gasteiger charge is -2.05. The number of nitrogens with two attached hydrogens (primary N) is 1. The van der Waals surface area contributed by atoms with Crippen LogP contribution in [0.1, 0.15) is 38.1 Å². The summed E-state index contributed by atoms with van der Waals surface area (Å²) in [5.74, 6) is -1.01. The van der Waals surface area contributed by atoms with Gasteiger partial charge in [0.25, 0.3) is 0 Å². The molecule has 2 aromatic rings. The fourth-order valence-electron chi connectivity index (χ4n) is 1.98. The quantitative estimate of drug-likeness (QED) is 0.856. The van der Waals surface area contributed by atoms with Gasteiger partial charge in [0, 0.05) is 0 Å². The number of carbonyl (C=O) groups is 2. The van der Waals surface area contributed by atoms with Gasteiger partial charge in [0.05, 0.1) is 12.2 Å². The van der Waals surface area contributed by atoms with Gasteiger partial charge in [-0.2, -0.15) is 0 Å². The summed E-state index contributed by atoms with van der Waals surface area (Å²) in [7, 11) is 0. The maximum absolute atomic E-state index is 12.2. The van der Waals surface area contributed by atoms with E-state index in [0.717, 1.165) is 16.9 Å². The molecule has 0 unspecified atom stereocenters. The zero-order valence-electron chi connectivity index (χ0n) is 12.4. The second kappa shape index (κ2) is 7.09. The van der Waals surface area contributed by atoms with Crippen molar-refractivity contribution in [1.82, 2.24) is 0 Å². The summed E-state index contributed by atoms with van der Waals surface area (Å²) in [6.45, 7) is 3.80. The summed E-state index contributed by atoms with van der Waals surface area (Å²) in [6, 6.07) is 9.37. The minimum atomic E-state index is -0.518. The molecule has 0 aliphatic carbocycles. The van der Waals surface area contributed by atoms with E-state index in [1.807, 2.05) is 30.3 Å². The summed E-state index contributed by atoms with van der Waals surface area (Å²) >= 11 is 1.04. The summed E-state index contributed by atoms with van der Waals surface area (Å²) in [4.78, 5) is 24.3. The Bertz CT molecular complexity index is 679. The van der Waals surface area contributed by atoms with Crippen LogP contribution in [0.3, 0.4) is 0 Å². The van der Waals surface area contributed by atoms with Gasteiger partial charge in [0.2, 0.25) is 0 Å². The average Bonchev–Trinajstić information content (AvgIpc) is 2.81. The Morgan fingerprint density at radius 3 is 2.45 bits per heavy atom. The fourth-order valence-corrected chi connectivity index (χ4v) is 2.93. The Balaban J connectivity index is 2.13. The molecule has 116 valence electrons. The van der Waals surface area contributed by atoms with E-state index in [-0.39, 0.29) is 23.8 Å². The molecule has 0 saturated heterocycles. The van der Waals surface area contributed by atoms with Gasteiger partial charge in [-0.1, -0.05) is 30.3 Å². The number of benzene rings is 1. The lowest BCUT2D eigenvalue weighted by atomic mass is 10.1. The first kappa shape index (κ1) is 16.0. The van der Waals surface area contributed by atoms with Crippen molar-refractivity contribution in [2.75, 3.05) is 12.3 Å². The first-order chi connectivity index (χ1) is 10.5. The molecule has 0 aliphatic rings. The maximum Gasteiger partial charge on any atom is 0.349 e. The molecule has 5 nitrogen and oxygen atoms in total. The molecule has 1 aromatic carbocycles. The van der Waals surface area contributed by atoms with Crippen molar-refractivity contribution in [3.8, 4) is 0 Å². The van der Waals surface area contributed by atoms with E-state index in [1.54, 1.807) is 13.8 Å². The number of rotatable bonds is 5. The zero-order chi connectivity index (χ0) is 16.1. The number of anilines is 1. The molecule has 0 saturated carbocycles. The van der Waals surface area contributed by atoms with Gasteiger partial charge in [-0.15, -0.1) is 11.3 Å². The molecular formula is C16H17NO4S. The van der Waals surface area contributed by atoms with Crippen LogP contribution in [0.2, 0.25) is 0 Å². The number of nitrogen functional groups attached to an aromatic ring is 1. The summed E-state index contributed by atoms with van der Waals surface area (Å²) in [6.07, 6.45) is 0. The first-order valence-corrected chi connectivity index (χ1v) is 7.63. The van der Waals surface area contributed by atoms with Crippen LogP contribution in [0.15, 0.2) is 30.3 Å². The molecule has 0 fully saturated rings. The Morgan fingerprint density at radius 2 is 1.82 bits per heavy atom. The molecule has 0 aliphatic heterocycles. The smallest absolute Gasteiger partial charge is 0.349 e. The van der Waals surface area contributed by atoms with Crippen LogP contribution in [0, 0.1) is 6.92 Å². The maximum atomic E-state index is 12.2. The zero-order valence-corrected chi connectivity index (χ0v) is 13.2. The fraction of sp³-hybridized carbons (Fsp3) is 0.250. The van der Waals surface area contributed by atoms with Crippen LogP contribution in [0.25, 0.3) is 0 Å². The van der Waals surface area contributed by atoms with Gasteiger partial charge < -0.3 is 15.2 Å². The first-order valence-electron chi connectivity index (χ1n) is 6.81. The van der Waals surface area contributed by atoms with Crippen LogP contribution >= 0.6 is 11.3 Å².